The number of aliphatic hydroxyl groups excluding tert-OH is 1. The Bertz CT molecular complexity index is 1150. The molecule has 2 aliphatic carbocycles. The molecule has 3 aliphatic rings. The number of para-hydroxylation sites is 2. The summed E-state index contributed by atoms with van der Waals surface area (Å²) in [6.07, 6.45) is 10.6. The van der Waals surface area contributed by atoms with E-state index in [0.717, 1.165) is 49.6 Å². The maximum absolute atomic E-state index is 13.2. The number of aliphatic hydroxyl groups is 1. The molecule has 2 atom stereocenters. The molecule has 0 spiro atoms. The highest BCUT2D eigenvalue weighted by Gasteiger charge is 2.48. The maximum Gasteiger partial charge on any atom is 0.349 e. The van der Waals surface area contributed by atoms with E-state index in [1.54, 1.807) is 7.11 Å². The number of oxazole rings is 1. The number of esters is 1. The number of aromatic nitrogens is 1. The Morgan fingerprint density at radius 1 is 1.26 bits per heavy atom. The lowest BCUT2D eigenvalue weighted by atomic mass is 9.76. The van der Waals surface area contributed by atoms with E-state index in [9.17, 15) is 9.90 Å². The summed E-state index contributed by atoms with van der Waals surface area (Å²) in [6, 6.07) is 7.41. The number of carbonyl (C=O) groups excluding carboxylic acids is 1. The first kappa shape index (κ1) is 23.4. The second kappa shape index (κ2) is 9.70. The molecule has 180 valence electrons. The standard InChI is InChI=1S/C26H28ClNO5S/c1-31-21-11-10-16(14-18(21)27)12-13-26(17-6-2-3-7-17)15-20(29)23(24(30)33-26)34-25-28-19-8-4-5-9-22(19)32-25/h4-5,8-11,17-18,29H,2-3,6-7,12-15H2,1H3. The van der Waals surface area contributed by atoms with Gasteiger partial charge in [-0.2, -0.15) is 0 Å². The molecule has 2 unspecified atom stereocenters. The second-order valence-electron chi connectivity index (χ2n) is 9.21. The molecule has 6 nitrogen and oxygen atoms in total. The van der Waals surface area contributed by atoms with E-state index >= 15 is 0 Å². The number of thioether (sulfide) groups is 1. The average Bonchev–Trinajstić information content (AvgIpc) is 3.50. The predicted molar refractivity (Wildman–Crippen MR) is 132 cm³/mol. The lowest BCUT2D eigenvalue weighted by molar-refractivity contribution is -0.166. The number of methoxy groups -OCH3 is 1. The highest BCUT2D eigenvalue weighted by atomic mass is 35.5. The quantitative estimate of drug-likeness (QED) is 0.329. The van der Waals surface area contributed by atoms with Gasteiger partial charge in [0.05, 0.1) is 12.5 Å². The Balaban J connectivity index is 1.37. The number of carbonyl (C=O) groups is 1. The zero-order valence-corrected chi connectivity index (χ0v) is 20.7. The van der Waals surface area contributed by atoms with Gasteiger partial charge in [0.25, 0.3) is 5.22 Å². The van der Waals surface area contributed by atoms with Crippen molar-refractivity contribution in [1.82, 2.24) is 4.98 Å². The molecule has 1 aliphatic heterocycles. The van der Waals surface area contributed by atoms with Crippen molar-refractivity contribution in [2.24, 2.45) is 5.92 Å². The van der Waals surface area contributed by atoms with Crippen molar-refractivity contribution in [2.75, 3.05) is 7.11 Å². The molecule has 2 aromatic rings. The molecule has 2 heterocycles. The molecule has 0 bridgehead atoms. The fourth-order valence-electron chi connectivity index (χ4n) is 5.31. The van der Waals surface area contributed by atoms with E-state index in [0.29, 0.717) is 35.6 Å². The van der Waals surface area contributed by atoms with Gasteiger partial charge < -0.3 is 19.0 Å². The van der Waals surface area contributed by atoms with Crippen molar-refractivity contribution in [3.05, 3.63) is 58.4 Å². The number of cyclic esters (lactones) is 1. The molecule has 0 radical (unpaired) electrons. The van der Waals surface area contributed by atoms with Gasteiger partial charge in [-0.05, 0) is 68.0 Å². The molecule has 5 rings (SSSR count). The van der Waals surface area contributed by atoms with Crippen molar-refractivity contribution < 1.29 is 23.8 Å². The summed E-state index contributed by atoms with van der Waals surface area (Å²) in [5.41, 5.74) is 1.83. The van der Waals surface area contributed by atoms with Crippen LogP contribution in [0.4, 0.5) is 0 Å². The average molecular weight is 502 g/mol. The van der Waals surface area contributed by atoms with Gasteiger partial charge in [-0.3, -0.25) is 0 Å². The van der Waals surface area contributed by atoms with E-state index in [2.05, 4.69) is 11.1 Å². The smallest absolute Gasteiger partial charge is 0.349 e. The molecule has 1 aromatic heterocycles. The molecular formula is C26H28ClNO5S. The van der Waals surface area contributed by atoms with Crippen LogP contribution < -0.4 is 0 Å². The first-order chi connectivity index (χ1) is 16.5. The van der Waals surface area contributed by atoms with Crippen LogP contribution in [-0.4, -0.2) is 34.1 Å². The van der Waals surface area contributed by atoms with E-state index in [1.165, 1.54) is 5.57 Å². The Labute approximate surface area is 208 Å². The Morgan fingerprint density at radius 3 is 2.76 bits per heavy atom. The maximum atomic E-state index is 13.2. The number of allylic oxidation sites excluding steroid dienone is 4. The Hall–Kier alpha value is -2.38. The monoisotopic (exact) mass is 501 g/mol. The normalized spacial score (nSPS) is 25.9. The van der Waals surface area contributed by atoms with Crippen molar-refractivity contribution in [1.29, 1.82) is 0 Å². The number of fused-ring (bicyclic) bond motifs is 1. The van der Waals surface area contributed by atoms with Crippen molar-refractivity contribution in [2.45, 2.75) is 67.6 Å². The zero-order chi connectivity index (χ0) is 23.7. The fraction of sp³-hybridized carbons (Fsp3) is 0.462. The first-order valence-electron chi connectivity index (χ1n) is 11.7. The number of alkyl halides is 1. The Kier molecular flexibility index (Phi) is 6.67. The molecule has 0 saturated heterocycles. The molecule has 34 heavy (non-hydrogen) atoms. The number of benzene rings is 1. The van der Waals surface area contributed by atoms with Crippen LogP contribution in [-0.2, 0) is 14.3 Å². The van der Waals surface area contributed by atoms with E-state index < -0.39 is 11.6 Å². The number of ether oxygens (including phenoxy) is 2. The third-order valence-corrected chi connectivity index (χ3v) is 8.44. The van der Waals surface area contributed by atoms with Crippen molar-refractivity contribution >= 4 is 40.4 Å². The molecule has 1 N–H and O–H groups in total. The van der Waals surface area contributed by atoms with E-state index in [1.807, 2.05) is 30.3 Å². The number of halogens is 1. The minimum absolute atomic E-state index is 0.0600. The third kappa shape index (κ3) is 4.60. The Morgan fingerprint density at radius 2 is 2.06 bits per heavy atom. The molecule has 1 aromatic carbocycles. The van der Waals surface area contributed by atoms with Crippen LogP contribution in [0.3, 0.4) is 0 Å². The van der Waals surface area contributed by atoms with Gasteiger partial charge in [-0.1, -0.05) is 36.6 Å². The molecule has 1 saturated carbocycles. The number of hydrogen-bond acceptors (Lipinski definition) is 7. The van der Waals surface area contributed by atoms with Gasteiger partial charge in [0.2, 0.25) is 0 Å². The number of rotatable bonds is 7. The van der Waals surface area contributed by atoms with Gasteiger partial charge in [0, 0.05) is 6.42 Å². The topological polar surface area (TPSA) is 81.8 Å². The van der Waals surface area contributed by atoms with E-state index in [-0.39, 0.29) is 22.0 Å². The summed E-state index contributed by atoms with van der Waals surface area (Å²) in [4.78, 5) is 17.8. The largest absolute Gasteiger partial charge is 0.511 e. The molecule has 8 heteroatoms. The van der Waals surface area contributed by atoms with Crippen LogP contribution in [0.1, 0.15) is 51.4 Å². The number of nitrogens with zero attached hydrogens (tertiary/aromatic N) is 1. The minimum atomic E-state index is -0.711. The zero-order valence-electron chi connectivity index (χ0n) is 19.1. The lowest BCUT2D eigenvalue weighted by Gasteiger charge is -2.41. The molecule has 1 fully saturated rings. The predicted octanol–water partition coefficient (Wildman–Crippen LogP) is 6.81. The summed E-state index contributed by atoms with van der Waals surface area (Å²) in [6.45, 7) is 0. The fourth-order valence-corrected chi connectivity index (χ4v) is 6.44. The van der Waals surface area contributed by atoms with Crippen LogP contribution in [0.5, 0.6) is 0 Å². The first-order valence-corrected chi connectivity index (χ1v) is 13.0. The van der Waals surface area contributed by atoms with Gasteiger partial charge in [-0.15, -0.1) is 11.6 Å². The summed E-state index contributed by atoms with van der Waals surface area (Å²) >= 11 is 7.47. The van der Waals surface area contributed by atoms with Crippen LogP contribution >= 0.6 is 23.4 Å². The van der Waals surface area contributed by atoms with Crippen molar-refractivity contribution in [3.8, 4) is 0 Å². The summed E-state index contributed by atoms with van der Waals surface area (Å²) < 4.78 is 17.3. The van der Waals surface area contributed by atoms with Crippen LogP contribution in [0.2, 0.25) is 0 Å². The summed E-state index contributed by atoms with van der Waals surface area (Å²) in [5, 5.41) is 11.2. The van der Waals surface area contributed by atoms with Crippen LogP contribution in [0, 0.1) is 5.92 Å². The van der Waals surface area contributed by atoms with Gasteiger partial charge in [0.15, 0.2) is 5.58 Å². The summed E-state index contributed by atoms with van der Waals surface area (Å²) in [5.74, 6) is 0.555. The minimum Gasteiger partial charge on any atom is -0.511 e. The van der Waals surface area contributed by atoms with E-state index in [4.69, 9.17) is 25.5 Å². The van der Waals surface area contributed by atoms with Crippen LogP contribution in [0.25, 0.3) is 11.1 Å². The van der Waals surface area contributed by atoms with Crippen molar-refractivity contribution in [3.63, 3.8) is 0 Å². The molecular weight excluding hydrogens is 474 g/mol. The van der Waals surface area contributed by atoms with Gasteiger partial charge in [-0.25, -0.2) is 9.78 Å². The highest BCUT2D eigenvalue weighted by molar-refractivity contribution is 8.03. The summed E-state index contributed by atoms with van der Waals surface area (Å²) in [7, 11) is 1.63. The third-order valence-electron chi connectivity index (χ3n) is 7.11. The van der Waals surface area contributed by atoms with Crippen LogP contribution in [0.15, 0.2) is 68.1 Å². The van der Waals surface area contributed by atoms with Gasteiger partial charge >= 0.3 is 5.97 Å². The van der Waals surface area contributed by atoms with Gasteiger partial charge in [0.1, 0.15) is 27.5 Å². The SMILES string of the molecule is COC1=CC=C(CCC2(C3CCCC3)CC(O)=C(Sc3nc4ccccc4o3)C(=O)O2)CC1Cl. The number of hydrogen-bond donors (Lipinski definition) is 1. The lowest BCUT2D eigenvalue weighted by Crippen LogP contribution is -2.45. The molecule has 0 amide bonds. The highest BCUT2D eigenvalue weighted by Crippen LogP contribution is 2.48. The second-order valence-corrected chi connectivity index (χ2v) is 10.7.